The number of nitrogens with one attached hydrogen (secondary N) is 2. The van der Waals surface area contributed by atoms with E-state index in [2.05, 4.69) is 10.6 Å². The van der Waals surface area contributed by atoms with Crippen molar-refractivity contribution in [3.8, 4) is 5.75 Å². The predicted molar refractivity (Wildman–Crippen MR) is 103 cm³/mol. The third kappa shape index (κ3) is 4.28. The number of carbonyl (C=O) groups excluding carboxylic acids is 3. The van der Waals surface area contributed by atoms with E-state index in [-0.39, 0.29) is 30.4 Å². The van der Waals surface area contributed by atoms with Crippen molar-refractivity contribution in [1.29, 1.82) is 0 Å². The van der Waals surface area contributed by atoms with E-state index in [0.717, 1.165) is 0 Å². The molecular formula is C20H19ClN2O4. The van der Waals surface area contributed by atoms with Gasteiger partial charge in [0.25, 0.3) is 5.91 Å². The second-order valence-corrected chi connectivity index (χ2v) is 7.16. The van der Waals surface area contributed by atoms with Crippen LogP contribution in [0.2, 0.25) is 5.02 Å². The Balaban J connectivity index is 1.64. The molecular weight excluding hydrogens is 368 g/mol. The summed E-state index contributed by atoms with van der Waals surface area (Å²) in [6.45, 7) is 3.33. The van der Waals surface area contributed by atoms with Crippen LogP contribution in [-0.2, 0) is 9.59 Å². The third-order valence-corrected chi connectivity index (χ3v) is 4.45. The van der Waals surface area contributed by atoms with E-state index < -0.39 is 5.60 Å². The monoisotopic (exact) mass is 386 g/mol. The first-order valence-electron chi connectivity index (χ1n) is 8.48. The Morgan fingerprint density at radius 3 is 2.52 bits per heavy atom. The zero-order valence-corrected chi connectivity index (χ0v) is 15.7. The summed E-state index contributed by atoms with van der Waals surface area (Å²) in [5.41, 5.74) is 0.368. The molecule has 0 unspecified atom stereocenters. The smallest absolute Gasteiger partial charge is 0.268 e. The van der Waals surface area contributed by atoms with Crippen LogP contribution in [0.15, 0.2) is 42.5 Å². The summed E-state index contributed by atoms with van der Waals surface area (Å²) in [5.74, 6) is -0.288. The molecule has 2 aromatic carbocycles. The van der Waals surface area contributed by atoms with Gasteiger partial charge in [-0.25, -0.2) is 0 Å². The van der Waals surface area contributed by atoms with Gasteiger partial charge in [0.15, 0.2) is 11.4 Å². The quantitative estimate of drug-likeness (QED) is 0.759. The molecule has 0 aliphatic carbocycles. The van der Waals surface area contributed by atoms with Crippen molar-refractivity contribution in [2.75, 3.05) is 10.6 Å². The Morgan fingerprint density at radius 2 is 1.81 bits per heavy atom. The molecule has 0 fully saturated rings. The molecule has 0 spiro atoms. The molecule has 0 radical (unpaired) electrons. The lowest BCUT2D eigenvalue weighted by Crippen LogP contribution is -2.45. The van der Waals surface area contributed by atoms with Crippen LogP contribution in [0.25, 0.3) is 0 Å². The summed E-state index contributed by atoms with van der Waals surface area (Å²) in [5, 5.41) is 6.04. The topological polar surface area (TPSA) is 84.5 Å². The van der Waals surface area contributed by atoms with Crippen LogP contribution >= 0.6 is 11.6 Å². The summed E-state index contributed by atoms with van der Waals surface area (Å²) >= 11 is 5.80. The zero-order valence-electron chi connectivity index (χ0n) is 15.0. The average molecular weight is 387 g/mol. The lowest BCUT2D eigenvalue weighted by atomic mass is 10.0. The van der Waals surface area contributed by atoms with Crippen molar-refractivity contribution in [1.82, 2.24) is 0 Å². The standard InChI is InChI=1S/C20H19ClN2O4/c1-20(2)19(26)23-18-14(4-3-5-16(18)27-20)22-17(25)11-10-15(24)12-6-8-13(21)9-7-12/h3-9H,10-11H2,1-2H3,(H,22,25)(H,23,26). The van der Waals surface area contributed by atoms with Crippen molar-refractivity contribution in [2.24, 2.45) is 0 Å². The fraction of sp³-hybridized carbons (Fsp3) is 0.250. The lowest BCUT2D eigenvalue weighted by molar-refractivity contribution is -0.129. The average Bonchev–Trinajstić information content (AvgIpc) is 2.61. The number of halogens is 1. The molecule has 1 aliphatic heterocycles. The van der Waals surface area contributed by atoms with Crippen molar-refractivity contribution in [2.45, 2.75) is 32.3 Å². The first kappa shape index (κ1) is 18.9. The van der Waals surface area contributed by atoms with Gasteiger partial charge in [-0.1, -0.05) is 17.7 Å². The van der Waals surface area contributed by atoms with Crippen LogP contribution in [0.4, 0.5) is 11.4 Å². The number of hydrogen-bond acceptors (Lipinski definition) is 4. The minimum absolute atomic E-state index is 0.0193. The summed E-state index contributed by atoms with van der Waals surface area (Å²) in [7, 11) is 0. The number of hydrogen-bond donors (Lipinski definition) is 2. The fourth-order valence-electron chi connectivity index (χ4n) is 2.65. The largest absolute Gasteiger partial charge is 0.476 e. The first-order valence-corrected chi connectivity index (χ1v) is 8.86. The van der Waals surface area contributed by atoms with Gasteiger partial charge in [-0.3, -0.25) is 14.4 Å². The number of carbonyl (C=O) groups is 3. The molecule has 0 aromatic heterocycles. The van der Waals surface area contributed by atoms with Gasteiger partial charge in [0.2, 0.25) is 5.91 Å². The van der Waals surface area contributed by atoms with Crippen LogP contribution in [-0.4, -0.2) is 23.2 Å². The summed E-state index contributed by atoms with van der Waals surface area (Å²) in [6.07, 6.45) is 0.0871. The van der Waals surface area contributed by atoms with Crippen molar-refractivity contribution in [3.63, 3.8) is 0 Å². The minimum Gasteiger partial charge on any atom is -0.476 e. The van der Waals surface area contributed by atoms with Crippen LogP contribution in [0.1, 0.15) is 37.0 Å². The van der Waals surface area contributed by atoms with E-state index in [1.54, 1.807) is 56.3 Å². The van der Waals surface area contributed by atoms with Crippen LogP contribution in [0.5, 0.6) is 5.75 Å². The van der Waals surface area contributed by atoms with Gasteiger partial charge >= 0.3 is 0 Å². The Kier molecular flexibility index (Phi) is 5.19. The summed E-state index contributed by atoms with van der Waals surface area (Å²) in [4.78, 5) is 36.5. The second-order valence-electron chi connectivity index (χ2n) is 6.72. The van der Waals surface area contributed by atoms with E-state index in [0.29, 0.717) is 27.7 Å². The SMILES string of the molecule is CC1(C)Oc2cccc(NC(=O)CCC(=O)c3ccc(Cl)cc3)c2NC1=O. The van der Waals surface area contributed by atoms with Crippen LogP contribution < -0.4 is 15.4 Å². The molecule has 2 amide bonds. The zero-order chi connectivity index (χ0) is 19.6. The highest BCUT2D eigenvalue weighted by Gasteiger charge is 2.36. The highest BCUT2D eigenvalue weighted by molar-refractivity contribution is 6.30. The number of fused-ring (bicyclic) bond motifs is 1. The van der Waals surface area contributed by atoms with Gasteiger partial charge in [-0.05, 0) is 50.2 Å². The second kappa shape index (κ2) is 7.40. The molecule has 0 bridgehead atoms. The molecule has 0 atom stereocenters. The van der Waals surface area contributed by atoms with Gasteiger partial charge in [0.05, 0.1) is 5.69 Å². The number of ether oxygens (including phenoxy) is 1. The van der Waals surface area contributed by atoms with Crippen LogP contribution in [0.3, 0.4) is 0 Å². The highest BCUT2D eigenvalue weighted by Crippen LogP contribution is 2.38. The van der Waals surface area contributed by atoms with E-state index in [1.165, 1.54) is 0 Å². The third-order valence-electron chi connectivity index (χ3n) is 4.20. The molecule has 140 valence electrons. The number of ketones is 1. The van der Waals surface area contributed by atoms with Gasteiger partial charge in [0.1, 0.15) is 11.4 Å². The van der Waals surface area contributed by atoms with Gasteiger partial charge in [-0.2, -0.15) is 0 Å². The molecule has 27 heavy (non-hydrogen) atoms. The molecule has 0 saturated carbocycles. The van der Waals surface area contributed by atoms with Gasteiger partial charge < -0.3 is 15.4 Å². The maximum Gasteiger partial charge on any atom is 0.268 e. The molecule has 6 nitrogen and oxygen atoms in total. The van der Waals surface area contributed by atoms with Crippen LogP contribution in [0, 0.1) is 0 Å². The number of benzene rings is 2. The first-order chi connectivity index (χ1) is 12.8. The van der Waals surface area contributed by atoms with Gasteiger partial charge in [0, 0.05) is 23.4 Å². The Hall–Kier alpha value is -2.86. The molecule has 0 saturated heterocycles. The summed E-state index contributed by atoms with van der Waals surface area (Å²) in [6, 6.07) is 11.6. The maximum absolute atomic E-state index is 12.3. The van der Waals surface area contributed by atoms with E-state index in [1.807, 2.05) is 0 Å². The number of amides is 2. The maximum atomic E-state index is 12.3. The normalized spacial score (nSPS) is 14.6. The van der Waals surface area contributed by atoms with Crippen molar-refractivity contribution in [3.05, 3.63) is 53.1 Å². The van der Waals surface area contributed by atoms with Crippen molar-refractivity contribution >= 4 is 40.6 Å². The van der Waals surface area contributed by atoms with Crippen molar-refractivity contribution < 1.29 is 19.1 Å². The van der Waals surface area contributed by atoms with E-state index in [4.69, 9.17) is 16.3 Å². The molecule has 2 N–H and O–H groups in total. The van der Waals surface area contributed by atoms with E-state index >= 15 is 0 Å². The molecule has 1 aliphatic rings. The Morgan fingerprint density at radius 1 is 1.11 bits per heavy atom. The Labute approximate surface area is 161 Å². The predicted octanol–water partition coefficient (Wildman–Crippen LogP) is 4.05. The lowest BCUT2D eigenvalue weighted by Gasteiger charge is -2.32. The molecule has 1 heterocycles. The number of Topliss-reactive ketones (excluding diaryl/α,β-unsaturated/α-hetero) is 1. The number of para-hydroxylation sites is 1. The highest BCUT2D eigenvalue weighted by atomic mass is 35.5. The molecule has 2 aromatic rings. The van der Waals surface area contributed by atoms with Gasteiger partial charge in [-0.15, -0.1) is 0 Å². The number of rotatable bonds is 5. The minimum atomic E-state index is -0.985. The Bertz CT molecular complexity index is 907. The number of anilines is 2. The summed E-state index contributed by atoms with van der Waals surface area (Å²) < 4.78 is 5.69. The fourth-order valence-corrected chi connectivity index (χ4v) is 2.78. The van der Waals surface area contributed by atoms with E-state index in [9.17, 15) is 14.4 Å². The molecule has 3 rings (SSSR count). The molecule has 7 heteroatoms.